The van der Waals surface area contributed by atoms with Crippen molar-refractivity contribution in [3.63, 3.8) is 0 Å². The second-order valence-corrected chi connectivity index (χ2v) is 3.28. The summed E-state index contributed by atoms with van der Waals surface area (Å²) < 4.78 is 5.02. The number of nitrogen functional groups attached to an aromatic ring is 1. The summed E-state index contributed by atoms with van der Waals surface area (Å²) in [6.45, 7) is 0. The van der Waals surface area contributed by atoms with Crippen molar-refractivity contribution in [2.75, 3.05) is 5.73 Å². The van der Waals surface area contributed by atoms with Gasteiger partial charge >= 0.3 is 0 Å². The van der Waals surface area contributed by atoms with Crippen LogP contribution in [-0.2, 0) is 0 Å². The predicted molar refractivity (Wildman–Crippen MR) is 56.0 cm³/mol. The van der Waals surface area contributed by atoms with E-state index in [9.17, 15) is 0 Å². The molecule has 0 radical (unpaired) electrons. The van der Waals surface area contributed by atoms with Crippen molar-refractivity contribution in [3.05, 3.63) is 30.6 Å². The Morgan fingerprint density at radius 2 is 2.20 bits per heavy atom. The molecule has 3 rings (SSSR count). The van der Waals surface area contributed by atoms with Gasteiger partial charge in [-0.15, -0.1) is 0 Å². The molecule has 2 heterocycles. The minimum absolute atomic E-state index is 0.561. The van der Waals surface area contributed by atoms with Gasteiger partial charge in [0.2, 0.25) is 0 Å². The quantitative estimate of drug-likeness (QED) is 0.627. The Kier molecular flexibility index (Phi) is 1.53. The molecule has 0 amide bonds. The average molecular weight is 200 g/mol. The molecular weight excluding hydrogens is 192 g/mol. The minimum Gasteiger partial charge on any atom is -0.384 e. The predicted octanol–water partition coefficient (Wildman–Crippen LogP) is 1.80. The van der Waals surface area contributed by atoms with Crippen LogP contribution in [0.4, 0.5) is 5.82 Å². The summed E-state index contributed by atoms with van der Waals surface area (Å²) in [4.78, 5) is 0. The molecule has 3 N–H and O–H groups in total. The monoisotopic (exact) mass is 200 g/mol. The molecule has 74 valence electrons. The fourth-order valence-electron chi connectivity index (χ4n) is 1.57. The number of aromatic nitrogens is 3. The van der Waals surface area contributed by atoms with Crippen LogP contribution in [0.2, 0.25) is 0 Å². The van der Waals surface area contributed by atoms with Crippen LogP contribution < -0.4 is 5.73 Å². The van der Waals surface area contributed by atoms with Gasteiger partial charge in [0.25, 0.3) is 0 Å². The summed E-state index contributed by atoms with van der Waals surface area (Å²) in [5.74, 6) is 0.561. The number of hydrogen-bond acceptors (Lipinski definition) is 4. The van der Waals surface area contributed by atoms with Crippen molar-refractivity contribution in [3.8, 4) is 11.1 Å². The van der Waals surface area contributed by atoms with Gasteiger partial charge < -0.3 is 10.3 Å². The van der Waals surface area contributed by atoms with Crippen LogP contribution in [0, 0.1) is 0 Å². The van der Waals surface area contributed by atoms with E-state index >= 15 is 0 Å². The lowest BCUT2D eigenvalue weighted by Gasteiger charge is -1.97. The zero-order chi connectivity index (χ0) is 10.3. The molecule has 5 heteroatoms. The minimum atomic E-state index is 0.561. The van der Waals surface area contributed by atoms with Crippen molar-refractivity contribution >= 4 is 16.8 Å². The van der Waals surface area contributed by atoms with Gasteiger partial charge in [0.15, 0.2) is 5.58 Å². The van der Waals surface area contributed by atoms with Gasteiger partial charge in [0.05, 0.1) is 12.4 Å². The molecule has 0 aliphatic rings. The lowest BCUT2D eigenvalue weighted by Crippen LogP contribution is -1.87. The topological polar surface area (TPSA) is 80.7 Å². The number of anilines is 1. The van der Waals surface area contributed by atoms with E-state index in [4.69, 9.17) is 10.3 Å². The molecule has 5 nitrogen and oxygen atoms in total. The highest BCUT2D eigenvalue weighted by molar-refractivity contribution is 5.84. The average Bonchev–Trinajstić information content (AvgIpc) is 2.84. The van der Waals surface area contributed by atoms with Gasteiger partial charge in [-0.25, -0.2) is 0 Å². The smallest absolute Gasteiger partial charge is 0.166 e. The van der Waals surface area contributed by atoms with Crippen molar-refractivity contribution in [1.29, 1.82) is 0 Å². The number of hydrogen-bond donors (Lipinski definition) is 2. The van der Waals surface area contributed by atoms with E-state index in [0.29, 0.717) is 5.82 Å². The number of nitrogens with one attached hydrogen (secondary N) is 1. The first kappa shape index (κ1) is 8.05. The third kappa shape index (κ3) is 1.17. The highest BCUT2D eigenvalue weighted by atomic mass is 16.5. The number of nitrogens with two attached hydrogens (primary N) is 1. The van der Waals surface area contributed by atoms with Gasteiger partial charge in [-0.3, -0.25) is 5.10 Å². The van der Waals surface area contributed by atoms with Crippen LogP contribution in [-0.4, -0.2) is 15.4 Å². The van der Waals surface area contributed by atoms with Crippen LogP contribution in [0.3, 0.4) is 0 Å². The summed E-state index contributed by atoms with van der Waals surface area (Å²) >= 11 is 0. The third-order valence-corrected chi connectivity index (χ3v) is 2.33. The summed E-state index contributed by atoms with van der Waals surface area (Å²) in [6, 6.07) is 5.76. The molecule has 1 aromatic carbocycles. The Labute approximate surface area is 84.9 Å². The second-order valence-electron chi connectivity index (χ2n) is 3.28. The highest BCUT2D eigenvalue weighted by Gasteiger charge is 2.06. The lowest BCUT2D eigenvalue weighted by molar-refractivity contribution is 0.456. The molecule has 0 unspecified atom stereocenters. The lowest BCUT2D eigenvalue weighted by atomic mass is 10.1. The molecule has 0 saturated carbocycles. The number of fused-ring (bicyclic) bond motifs is 1. The van der Waals surface area contributed by atoms with Crippen molar-refractivity contribution < 1.29 is 4.52 Å². The van der Waals surface area contributed by atoms with E-state index in [-0.39, 0.29) is 0 Å². The summed E-state index contributed by atoms with van der Waals surface area (Å²) in [6.07, 6.45) is 3.37. The molecular formula is C10H8N4O. The van der Waals surface area contributed by atoms with E-state index < -0.39 is 0 Å². The summed E-state index contributed by atoms with van der Waals surface area (Å²) in [5, 5.41) is 11.2. The molecule has 0 fully saturated rings. The van der Waals surface area contributed by atoms with Crippen LogP contribution in [0.5, 0.6) is 0 Å². The number of benzene rings is 1. The fraction of sp³-hybridized carbons (Fsp3) is 0. The molecule has 0 atom stereocenters. The molecule has 3 aromatic rings. The molecule has 2 aromatic heterocycles. The largest absolute Gasteiger partial charge is 0.384 e. The molecule has 15 heavy (non-hydrogen) atoms. The number of rotatable bonds is 1. The SMILES string of the molecule is Nc1[nH]ncc1-c1ccc2oncc2c1. The maximum absolute atomic E-state index is 5.73. The molecule has 0 aliphatic heterocycles. The molecule has 0 saturated heterocycles. The Bertz CT molecular complexity index is 610. The molecule has 0 aliphatic carbocycles. The van der Waals surface area contributed by atoms with Crippen molar-refractivity contribution in [2.45, 2.75) is 0 Å². The van der Waals surface area contributed by atoms with Crippen LogP contribution >= 0.6 is 0 Å². The Morgan fingerprint density at radius 3 is 3.00 bits per heavy atom. The normalized spacial score (nSPS) is 10.9. The first-order chi connectivity index (χ1) is 7.34. The van der Waals surface area contributed by atoms with E-state index in [2.05, 4.69) is 15.4 Å². The molecule has 0 bridgehead atoms. The van der Waals surface area contributed by atoms with Crippen molar-refractivity contribution in [2.24, 2.45) is 0 Å². The highest BCUT2D eigenvalue weighted by Crippen LogP contribution is 2.26. The zero-order valence-corrected chi connectivity index (χ0v) is 7.77. The first-order valence-corrected chi connectivity index (χ1v) is 4.48. The second kappa shape index (κ2) is 2.84. The van der Waals surface area contributed by atoms with Crippen LogP contribution in [0.1, 0.15) is 0 Å². The van der Waals surface area contributed by atoms with E-state index in [1.165, 1.54) is 0 Å². The van der Waals surface area contributed by atoms with Gasteiger partial charge in [-0.1, -0.05) is 11.2 Å². The Morgan fingerprint density at radius 1 is 1.27 bits per heavy atom. The standard InChI is InChI=1S/C10H8N4O/c11-10-8(5-12-14-10)6-1-2-9-7(3-6)4-13-15-9/h1-5H,(H3,11,12,14). The van der Waals surface area contributed by atoms with Gasteiger partial charge in [0.1, 0.15) is 5.82 Å². The zero-order valence-electron chi connectivity index (χ0n) is 7.77. The Hall–Kier alpha value is -2.30. The van der Waals surface area contributed by atoms with E-state index in [0.717, 1.165) is 22.1 Å². The van der Waals surface area contributed by atoms with Crippen LogP contribution in [0.15, 0.2) is 35.1 Å². The summed E-state index contributed by atoms with van der Waals surface area (Å²) in [7, 11) is 0. The number of H-pyrrole nitrogens is 1. The maximum Gasteiger partial charge on any atom is 0.166 e. The number of aromatic amines is 1. The third-order valence-electron chi connectivity index (χ3n) is 2.33. The van der Waals surface area contributed by atoms with Gasteiger partial charge in [0, 0.05) is 10.9 Å². The van der Waals surface area contributed by atoms with E-state index in [1.54, 1.807) is 12.4 Å². The van der Waals surface area contributed by atoms with Crippen molar-refractivity contribution in [1.82, 2.24) is 15.4 Å². The first-order valence-electron chi connectivity index (χ1n) is 4.48. The van der Waals surface area contributed by atoms with Crippen LogP contribution in [0.25, 0.3) is 22.1 Å². The molecule has 0 spiro atoms. The fourth-order valence-corrected chi connectivity index (χ4v) is 1.57. The van der Waals surface area contributed by atoms with Gasteiger partial charge in [-0.05, 0) is 17.7 Å². The van der Waals surface area contributed by atoms with E-state index in [1.807, 2.05) is 18.2 Å². The summed E-state index contributed by atoms with van der Waals surface area (Å²) in [5.41, 5.74) is 8.38. The van der Waals surface area contributed by atoms with Gasteiger partial charge in [-0.2, -0.15) is 5.10 Å². The number of nitrogens with zero attached hydrogens (tertiary/aromatic N) is 2. The maximum atomic E-state index is 5.73. The Balaban J connectivity index is 2.23.